The molecule has 0 spiro atoms. The summed E-state index contributed by atoms with van der Waals surface area (Å²) in [5.41, 5.74) is -0.330. The molecule has 0 saturated heterocycles. The third-order valence-electron chi connectivity index (χ3n) is 4.50. The summed E-state index contributed by atoms with van der Waals surface area (Å²) in [5.74, 6) is 0.810. The summed E-state index contributed by atoms with van der Waals surface area (Å²) >= 11 is -0.314. The first-order chi connectivity index (χ1) is 6.54. The number of rotatable bonds is 3. The molecule has 2 bridgehead atoms. The Hall–Kier alpha value is 0.780. The first kappa shape index (κ1) is 13.8. The molecular formula is C10H17NaO3S. The van der Waals surface area contributed by atoms with Gasteiger partial charge < -0.3 is 0 Å². The van der Waals surface area contributed by atoms with Gasteiger partial charge in [0.2, 0.25) is 0 Å². The molecule has 82 valence electrons. The molecule has 0 aromatic rings. The monoisotopic (exact) mass is 240 g/mol. The van der Waals surface area contributed by atoms with Gasteiger partial charge in [0, 0.05) is 6.42 Å². The molecule has 0 N–H and O–H groups in total. The van der Waals surface area contributed by atoms with Crippen LogP contribution in [0.4, 0.5) is 0 Å². The first-order valence-electron chi connectivity index (χ1n) is 5.02. The summed E-state index contributed by atoms with van der Waals surface area (Å²) < 4.78 is 15.3. The summed E-state index contributed by atoms with van der Waals surface area (Å²) in [4.78, 5) is 11.9. The maximum atomic E-state index is 11.9. The fourth-order valence-electron chi connectivity index (χ4n) is 3.24. The van der Waals surface area contributed by atoms with Crippen molar-refractivity contribution in [2.24, 2.45) is 16.7 Å². The van der Waals surface area contributed by atoms with Gasteiger partial charge >= 0.3 is 29.6 Å². The number of carbonyl (C=O) groups is 1. The van der Waals surface area contributed by atoms with Gasteiger partial charge in [0.1, 0.15) is 17.7 Å². The Morgan fingerprint density at radius 2 is 2.20 bits per heavy atom. The molecule has 2 fully saturated rings. The van der Waals surface area contributed by atoms with Crippen molar-refractivity contribution < 1.29 is 13.2 Å². The summed E-state index contributed by atoms with van der Waals surface area (Å²) in [6.07, 6.45) is 2.70. The van der Waals surface area contributed by atoms with Crippen LogP contribution in [0.5, 0.6) is 0 Å². The predicted molar refractivity (Wildman–Crippen MR) is 61.2 cm³/mol. The van der Waals surface area contributed by atoms with Crippen molar-refractivity contribution in [3.63, 3.8) is 0 Å². The third-order valence-corrected chi connectivity index (χ3v) is 4.74. The van der Waals surface area contributed by atoms with Crippen molar-refractivity contribution in [3.8, 4) is 0 Å². The van der Waals surface area contributed by atoms with E-state index in [0.717, 1.165) is 12.8 Å². The molecule has 0 amide bonds. The fourth-order valence-corrected chi connectivity index (χ4v) is 3.52. The van der Waals surface area contributed by atoms with Gasteiger partial charge in [0.15, 0.2) is 0 Å². The van der Waals surface area contributed by atoms with Crippen LogP contribution >= 0.6 is 0 Å². The van der Waals surface area contributed by atoms with Crippen molar-refractivity contribution in [1.82, 2.24) is 0 Å². The molecule has 2 aliphatic rings. The van der Waals surface area contributed by atoms with Gasteiger partial charge in [-0.05, 0) is 24.2 Å². The quantitative estimate of drug-likeness (QED) is 0.580. The summed E-state index contributed by atoms with van der Waals surface area (Å²) in [6.45, 7) is 4.60. The number of hydrogen-bond donors (Lipinski definition) is 1. The molecule has 2 atom stereocenters. The van der Waals surface area contributed by atoms with E-state index in [1.54, 1.807) is 0 Å². The number of fused-ring (bicyclic) bond motifs is 2. The molecule has 2 saturated carbocycles. The van der Waals surface area contributed by atoms with E-state index < -0.39 is 0 Å². The number of Topliss-reactive ketones (excluding diaryl/α,β-unsaturated/α-hetero) is 1. The van der Waals surface area contributed by atoms with Crippen molar-refractivity contribution in [2.45, 2.75) is 33.1 Å². The standard InChI is InChI=1S/C10H16O3S.Na.H/c1-9(2)7-3-4-10(9,6-13-14-12)8(11)5-7;;/h7,14H,3-6H2,1-2H3;;. The summed E-state index contributed by atoms with van der Waals surface area (Å²) in [7, 11) is 0. The van der Waals surface area contributed by atoms with Crippen LogP contribution in [0.1, 0.15) is 33.1 Å². The zero-order valence-corrected chi connectivity index (χ0v) is 9.47. The Kier molecular flexibility index (Phi) is 4.22. The van der Waals surface area contributed by atoms with E-state index >= 15 is 0 Å². The third kappa shape index (κ3) is 1.78. The van der Waals surface area contributed by atoms with Gasteiger partial charge in [0.05, 0.1) is 12.0 Å². The normalized spacial score (nSPS) is 36.7. The second-order valence-electron chi connectivity index (χ2n) is 5.01. The molecule has 0 aromatic carbocycles. The second-order valence-corrected chi connectivity index (χ2v) is 5.42. The van der Waals surface area contributed by atoms with Crippen molar-refractivity contribution in [3.05, 3.63) is 0 Å². The van der Waals surface area contributed by atoms with Crippen LogP contribution in [0.15, 0.2) is 0 Å². The van der Waals surface area contributed by atoms with Gasteiger partial charge in [-0.3, -0.25) is 8.98 Å². The van der Waals surface area contributed by atoms with E-state index in [1.165, 1.54) is 0 Å². The summed E-state index contributed by atoms with van der Waals surface area (Å²) in [5, 5.41) is 0. The van der Waals surface area contributed by atoms with E-state index in [2.05, 4.69) is 13.8 Å². The molecular weight excluding hydrogens is 223 g/mol. The van der Waals surface area contributed by atoms with Crippen molar-refractivity contribution in [2.75, 3.05) is 6.61 Å². The van der Waals surface area contributed by atoms with Crippen molar-refractivity contribution in [1.29, 1.82) is 0 Å². The zero-order chi connectivity index (χ0) is 10.4. The Labute approximate surface area is 116 Å². The number of ketones is 1. The van der Waals surface area contributed by atoms with Crippen LogP contribution in [0.3, 0.4) is 0 Å². The van der Waals surface area contributed by atoms with Crippen LogP contribution < -0.4 is 0 Å². The molecule has 0 radical (unpaired) electrons. The van der Waals surface area contributed by atoms with Crippen LogP contribution in [0, 0.1) is 16.7 Å². The van der Waals surface area contributed by atoms with Gasteiger partial charge in [-0.25, -0.2) is 4.21 Å². The molecule has 0 aliphatic heterocycles. The van der Waals surface area contributed by atoms with Crippen LogP contribution in [-0.4, -0.2) is 46.2 Å². The van der Waals surface area contributed by atoms with Gasteiger partial charge in [0.25, 0.3) is 0 Å². The molecule has 0 aromatic heterocycles. The molecule has 5 heteroatoms. The Balaban J connectivity index is 0.00000112. The van der Waals surface area contributed by atoms with E-state index in [9.17, 15) is 9.00 Å². The first-order valence-corrected chi connectivity index (χ1v) is 5.75. The average Bonchev–Trinajstić information content (AvgIpc) is 2.48. The topological polar surface area (TPSA) is 43.4 Å². The molecule has 2 unspecified atom stereocenters. The molecule has 2 rings (SSSR count). The van der Waals surface area contributed by atoms with Crippen LogP contribution in [-0.2, 0) is 20.9 Å². The second kappa shape index (κ2) is 4.57. The molecule has 15 heavy (non-hydrogen) atoms. The van der Waals surface area contributed by atoms with Crippen LogP contribution in [0.2, 0.25) is 0 Å². The SMILES string of the molecule is CC1(C)C2CCC1(CO[SH]=O)C(=O)C2.[NaH]. The summed E-state index contributed by atoms with van der Waals surface area (Å²) in [6, 6.07) is 0. The van der Waals surface area contributed by atoms with E-state index in [1.807, 2.05) is 0 Å². The predicted octanol–water partition coefficient (Wildman–Crippen LogP) is 0.610. The zero-order valence-electron chi connectivity index (χ0n) is 8.58. The van der Waals surface area contributed by atoms with Gasteiger partial charge in [-0.2, -0.15) is 0 Å². The Morgan fingerprint density at radius 3 is 2.60 bits per heavy atom. The van der Waals surface area contributed by atoms with Crippen LogP contribution in [0.25, 0.3) is 0 Å². The van der Waals surface area contributed by atoms with E-state index in [0.29, 0.717) is 24.7 Å². The maximum absolute atomic E-state index is 11.9. The number of carbonyl (C=O) groups excluding carboxylic acids is 1. The molecule has 3 nitrogen and oxygen atoms in total. The van der Waals surface area contributed by atoms with Crippen molar-refractivity contribution >= 4 is 47.3 Å². The van der Waals surface area contributed by atoms with Gasteiger partial charge in [-0.15, -0.1) is 0 Å². The Bertz CT molecular complexity index is 292. The molecule has 0 heterocycles. The number of hydrogen-bond acceptors (Lipinski definition) is 3. The molecule has 2 aliphatic carbocycles. The fraction of sp³-hybridized carbons (Fsp3) is 0.900. The van der Waals surface area contributed by atoms with E-state index in [4.69, 9.17) is 4.18 Å². The Morgan fingerprint density at radius 1 is 1.53 bits per heavy atom. The minimum absolute atomic E-state index is 0. The van der Waals surface area contributed by atoms with E-state index in [-0.39, 0.29) is 52.3 Å². The average molecular weight is 240 g/mol. The minimum atomic E-state index is -0.352. The number of thiol groups is 1. The van der Waals surface area contributed by atoms with Gasteiger partial charge in [-0.1, -0.05) is 13.8 Å².